The molecule has 0 aromatic heterocycles. The van der Waals surface area contributed by atoms with E-state index in [1.54, 1.807) is 24.3 Å². The molecule has 0 fully saturated rings. The summed E-state index contributed by atoms with van der Waals surface area (Å²) in [7, 11) is 0. The molecule has 0 heterocycles. The molecule has 2 aliphatic rings. The van der Waals surface area contributed by atoms with Gasteiger partial charge in [-0.25, -0.2) is 0 Å². The number of rotatable bonds is 6. The number of benzene rings is 6. The van der Waals surface area contributed by atoms with Crippen molar-refractivity contribution in [1.82, 2.24) is 0 Å². The van der Waals surface area contributed by atoms with Crippen molar-refractivity contribution in [3.63, 3.8) is 0 Å². The monoisotopic (exact) mass is 776 g/mol. The van der Waals surface area contributed by atoms with Gasteiger partial charge in [-0.3, -0.25) is 0 Å². The van der Waals surface area contributed by atoms with E-state index in [-0.39, 0.29) is 11.1 Å². The molecule has 0 N–H and O–H groups in total. The minimum atomic E-state index is -4.96. The van der Waals surface area contributed by atoms with E-state index >= 15 is 0 Å². The third-order valence-corrected chi connectivity index (χ3v) is 10.3. The summed E-state index contributed by atoms with van der Waals surface area (Å²) in [5.41, 5.74) is 7.44. The fourth-order valence-electron chi connectivity index (χ4n) is 8.16. The molecule has 6 nitrogen and oxygen atoms in total. The van der Waals surface area contributed by atoms with Crippen LogP contribution >= 0.6 is 0 Å². The van der Waals surface area contributed by atoms with Gasteiger partial charge in [-0.15, -0.1) is 26.3 Å². The van der Waals surface area contributed by atoms with Crippen molar-refractivity contribution in [2.24, 2.45) is 0 Å². The maximum absolute atomic E-state index is 13.2. The Labute approximate surface area is 326 Å². The molecular formula is C46H22F6N4O2. The number of nitrogens with zero attached hydrogens (tertiary/aromatic N) is 4. The number of ether oxygens (including phenoxy) is 2. The van der Waals surface area contributed by atoms with Crippen LogP contribution in [0.25, 0.3) is 44.2 Å². The fraction of sp³-hybridized carbons (Fsp3) is 0.0870. The topological polar surface area (TPSA) is 114 Å². The van der Waals surface area contributed by atoms with E-state index in [2.05, 4.69) is 21.6 Å². The molecule has 2 unspecified atom stereocenters. The minimum Gasteiger partial charge on any atom is -0.406 e. The maximum Gasteiger partial charge on any atom is 0.573 e. The van der Waals surface area contributed by atoms with Gasteiger partial charge in [-0.1, -0.05) is 72.8 Å². The number of halogens is 6. The Kier molecular flexibility index (Phi) is 9.00. The third-order valence-electron chi connectivity index (χ3n) is 10.3. The van der Waals surface area contributed by atoms with E-state index in [0.29, 0.717) is 39.0 Å². The van der Waals surface area contributed by atoms with Gasteiger partial charge in [0.15, 0.2) is 0 Å². The molecule has 0 saturated heterocycles. The summed E-state index contributed by atoms with van der Waals surface area (Å²) in [5.74, 6) is -2.44. The van der Waals surface area contributed by atoms with Crippen molar-refractivity contribution in [2.75, 3.05) is 0 Å². The molecular weight excluding hydrogens is 755 g/mol. The first-order chi connectivity index (χ1) is 27.8. The first kappa shape index (κ1) is 37.1. The molecule has 0 saturated carbocycles. The quantitative estimate of drug-likeness (QED) is 0.123. The molecule has 280 valence electrons. The number of hydrogen-bond donors (Lipinski definition) is 0. The first-order valence-corrected chi connectivity index (χ1v) is 17.4. The molecule has 0 spiro atoms. The highest BCUT2D eigenvalue weighted by atomic mass is 19.4. The SMILES string of the molecule is N#CC(C#N)=C1C(c2ccc(OC(F)(F)F)cc2)=C2c3ccc(-c4ccc(C#N)cc4)c4c(-c5ccc(C#N)cc5)ccc(c34)C2C1c1ccc(OC(F)(F)F)cc1. The average Bonchev–Trinajstić information content (AvgIpc) is 3.72. The Morgan fingerprint density at radius 2 is 0.931 bits per heavy atom. The second kappa shape index (κ2) is 14.0. The van der Waals surface area contributed by atoms with E-state index in [1.807, 2.05) is 60.7 Å². The van der Waals surface area contributed by atoms with Gasteiger partial charge in [0.25, 0.3) is 0 Å². The molecule has 0 bridgehead atoms. The maximum atomic E-state index is 13.2. The number of nitriles is 4. The van der Waals surface area contributed by atoms with E-state index in [1.165, 1.54) is 24.3 Å². The molecule has 0 amide bonds. The Balaban J connectivity index is 1.46. The molecule has 6 aromatic rings. The summed E-state index contributed by atoms with van der Waals surface area (Å²) in [6.45, 7) is 0. The molecule has 0 aliphatic heterocycles. The standard InChI is InChI=1S/C46H22F6N4O2/c47-45(48,49)57-32-13-9-29(10-14-32)38-40(31(23-55)24-56)39(30-11-15-33(16-12-30)58-46(50,51)52)44-37-20-18-35(28-7-3-26(22-54)4-8-28)41-34(17-19-36(42(37)41)43(38)44)27-5-1-25(21-53)2-6-27/h1-20,38,43H. The van der Waals surface area contributed by atoms with Crippen molar-refractivity contribution >= 4 is 21.9 Å². The normalized spacial score (nSPS) is 15.6. The van der Waals surface area contributed by atoms with Crippen LogP contribution in [0.15, 0.2) is 132 Å². The minimum absolute atomic E-state index is 0.255. The van der Waals surface area contributed by atoms with Crippen LogP contribution in [0.5, 0.6) is 11.5 Å². The van der Waals surface area contributed by atoms with Crippen LogP contribution in [0.4, 0.5) is 26.3 Å². The van der Waals surface area contributed by atoms with Crippen LogP contribution in [0.3, 0.4) is 0 Å². The summed E-state index contributed by atoms with van der Waals surface area (Å²) in [6, 6.07) is 40.3. The Morgan fingerprint density at radius 1 is 0.483 bits per heavy atom. The van der Waals surface area contributed by atoms with Gasteiger partial charge in [-0.2, -0.15) is 21.0 Å². The number of allylic oxidation sites excluding steroid dienone is 4. The summed E-state index contributed by atoms with van der Waals surface area (Å²) in [6.07, 6.45) is -9.92. The predicted octanol–water partition coefficient (Wildman–Crippen LogP) is 11.9. The highest BCUT2D eigenvalue weighted by molar-refractivity contribution is 6.21. The van der Waals surface area contributed by atoms with Gasteiger partial charge in [0, 0.05) is 11.8 Å². The van der Waals surface area contributed by atoms with Crippen LogP contribution in [-0.4, -0.2) is 12.7 Å². The van der Waals surface area contributed by atoms with E-state index < -0.39 is 36.1 Å². The fourth-order valence-corrected chi connectivity index (χ4v) is 8.16. The lowest BCUT2D eigenvalue weighted by Gasteiger charge is -2.24. The zero-order valence-electron chi connectivity index (χ0n) is 29.6. The van der Waals surface area contributed by atoms with Gasteiger partial charge < -0.3 is 9.47 Å². The second-order valence-electron chi connectivity index (χ2n) is 13.4. The van der Waals surface area contributed by atoms with Crippen molar-refractivity contribution < 1.29 is 35.8 Å². The van der Waals surface area contributed by atoms with Crippen LogP contribution < -0.4 is 9.47 Å². The Bertz CT molecular complexity index is 2800. The lowest BCUT2D eigenvalue weighted by Crippen LogP contribution is -2.17. The average molecular weight is 777 g/mol. The zero-order valence-corrected chi connectivity index (χ0v) is 29.6. The Morgan fingerprint density at radius 3 is 1.40 bits per heavy atom. The number of hydrogen-bond acceptors (Lipinski definition) is 6. The van der Waals surface area contributed by atoms with Crippen LogP contribution in [0, 0.1) is 45.3 Å². The third kappa shape index (κ3) is 6.53. The van der Waals surface area contributed by atoms with Gasteiger partial charge in [0.05, 0.1) is 23.3 Å². The summed E-state index contributed by atoms with van der Waals surface area (Å²) < 4.78 is 87.4. The van der Waals surface area contributed by atoms with E-state index in [4.69, 9.17) is 0 Å². The largest absolute Gasteiger partial charge is 0.573 e. The molecule has 0 radical (unpaired) electrons. The zero-order chi connectivity index (χ0) is 40.9. The van der Waals surface area contributed by atoms with Gasteiger partial charge >= 0.3 is 12.7 Å². The van der Waals surface area contributed by atoms with Gasteiger partial charge in [0.2, 0.25) is 0 Å². The summed E-state index contributed by atoms with van der Waals surface area (Å²) >= 11 is 0. The van der Waals surface area contributed by atoms with Gasteiger partial charge in [-0.05, 0) is 121 Å². The number of fused-ring (bicyclic) bond motifs is 3. The van der Waals surface area contributed by atoms with Crippen LogP contribution in [-0.2, 0) is 0 Å². The lowest BCUT2D eigenvalue weighted by molar-refractivity contribution is -0.275. The predicted molar refractivity (Wildman–Crippen MR) is 201 cm³/mol. The molecule has 8 rings (SSSR count). The van der Waals surface area contributed by atoms with Gasteiger partial charge in [0.1, 0.15) is 29.2 Å². The summed E-state index contributed by atoms with van der Waals surface area (Å²) in [5, 5.41) is 41.4. The van der Waals surface area contributed by atoms with Crippen molar-refractivity contribution in [3.8, 4) is 58.0 Å². The number of alkyl halides is 6. The lowest BCUT2D eigenvalue weighted by atomic mass is 9.78. The van der Waals surface area contributed by atoms with E-state index in [0.717, 1.165) is 62.9 Å². The van der Waals surface area contributed by atoms with Crippen LogP contribution in [0.1, 0.15) is 45.2 Å². The molecule has 2 aliphatic carbocycles. The first-order valence-electron chi connectivity index (χ1n) is 17.4. The molecule has 6 aromatic carbocycles. The smallest absolute Gasteiger partial charge is 0.406 e. The molecule has 58 heavy (non-hydrogen) atoms. The summed E-state index contributed by atoms with van der Waals surface area (Å²) in [4.78, 5) is 0. The molecule has 12 heteroatoms. The van der Waals surface area contributed by atoms with Crippen LogP contribution in [0.2, 0.25) is 0 Å². The van der Waals surface area contributed by atoms with Crippen molar-refractivity contribution in [1.29, 1.82) is 21.0 Å². The Hall–Kier alpha value is -7.80. The molecule has 2 atom stereocenters. The highest BCUT2D eigenvalue weighted by Crippen LogP contribution is 2.66. The highest BCUT2D eigenvalue weighted by Gasteiger charge is 2.48. The van der Waals surface area contributed by atoms with Crippen molar-refractivity contribution in [2.45, 2.75) is 24.6 Å². The second-order valence-corrected chi connectivity index (χ2v) is 13.4. The van der Waals surface area contributed by atoms with E-state index in [9.17, 15) is 47.4 Å². The van der Waals surface area contributed by atoms with Crippen molar-refractivity contribution in [3.05, 3.63) is 166 Å².